The molecule has 2 amide bonds. The summed E-state index contributed by atoms with van der Waals surface area (Å²) in [7, 11) is 1.75. The van der Waals surface area contributed by atoms with Crippen LogP contribution in [0.1, 0.15) is 51.5 Å². The highest BCUT2D eigenvalue weighted by molar-refractivity contribution is 5.92. The molecule has 0 radical (unpaired) electrons. The second kappa shape index (κ2) is 13.3. The Morgan fingerprint density at radius 2 is 1.72 bits per heavy atom. The molecule has 32 heavy (non-hydrogen) atoms. The number of benzene rings is 2. The predicted molar refractivity (Wildman–Crippen MR) is 128 cm³/mol. The van der Waals surface area contributed by atoms with Crippen LogP contribution < -0.4 is 10.2 Å². The van der Waals surface area contributed by atoms with Gasteiger partial charge in [0.2, 0.25) is 5.83 Å². The van der Waals surface area contributed by atoms with Gasteiger partial charge in [-0.25, -0.2) is 9.59 Å². The van der Waals surface area contributed by atoms with E-state index < -0.39 is 11.8 Å². The zero-order valence-corrected chi connectivity index (χ0v) is 19.2. The Balaban J connectivity index is 2.00. The highest BCUT2D eigenvalue weighted by Gasteiger charge is 2.12. The number of amides is 2. The van der Waals surface area contributed by atoms with Crippen LogP contribution in [0.15, 0.2) is 54.4 Å². The first-order valence-electron chi connectivity index (χ1n) is 11.2. The largest absolute Gasteiger partial charge is 0.461 e. The van der Waals surface area contributed by atoms with Crippen LogP contribution in [0.5, 0.6) is 0 Å². The molecule has 0 aromatic heterocycles. The first kappa shape index (κ1) is 25.1. The monoisotopic (exact) mass is 440 g/mol. The molecule has 1 N–H and O–H groups in total. The Kier molecular flexibility index (Phi) is 10.4. The van der Waals surface area contributed by atoms with E-state index in [1.165, 1.54) is 19.3 Å². The fraction of sp³-hybridized carbons (Fsp3) is 0.385. The third kappa shape index (κ3) is 7.84. The van der Waals surface area contributed by atoms with Gasteiger partial charge in [0, 0.05) is 19.3 Å². The van der Waals surface area contributed by atoms with E-state index in [1.807, 2.05) is 36.4 Å². The number of nitrogens with one attached hydrogen (secondary N) is 1. The molecule has 0 bridgehead atoms. The van der Waals surface area contributed by atoms with Crippen LogP contribution in [0, 0.1) is 0 Å². The van der Waals surface area contributed by atoms with Crippen LogP contribution in [0.2, 0.25) is 0 Å². The number of halogens is 1. The Bertz CT molecular complexity index is 910. The molecule has 0 saturated heterocycles. The highest BCUT2D eigenvalue weighted by atomic mass is 19.1. The van der Waals surface area contributed by atoms with Crippen molar-refractivity contribution in [1.29, 1.82) is 0 Å². The van der Waals surface area contributed by atoms with Crippen molar-refractivity contribution >= 4 is 23.8 Å². The highest BCUT2D eigenvalue weighted by Crippen LogP contribution is 2.25. The van der Waals surface area contributed by atoms with E-state index in [1.54, 1.807) is 31.0 Å². The number of esters is 1. The van der Waals surface area contributed by atoms with Gasteiger partial charge in [-0.2, -0.15) is 4.39 Å². The van der Waals surface area contributed by atoms with Gasteiger partial charge in [-0.1, -0.05) is 69.0 Å². The van der Waals surface area contributed by atoms with E-state index in [-0.39, 0.29) is 12.6 Å². The second-order valence-electron chi connectivity index (χ2n) is 7.59. The molecule has 6 heteroatoms. The Morgan fingerprint density at radius 3 is 2.41 bits per heavy atom. The van der Waals surface area contributed by atoms with Crippen molar-refractivity contribution in [3.8, 4) is 11.1 Å². The molecule has 5 nitrogen and oxygen atoms in total. The summed E-state index contributed by atoms with van der Waals surface area (Å²) in [6.07, 6.45) is 6.90. The Hall–Kier alpha value is -3.15. The first-order valence-corrected chi connectivity index (χ1v) is 11.2. The molecule has 0 unspecified atom stereocenters. The lowest BCUT2D eigenvalue weighted by molar-refractivity contribution is -0.140. The molecule has 0 aliphatic rings. The molecule has 0 aliphatic carbocycles. The number of hydrogen-bond donors (Lipinski definition) is 1. The average molecular weight is 441 g/mol. The van der Waals surface area contributed by atoms with Crippen molar-refractivity contribution in [3.63, 3.8) is 0 Å². The number of unbranched alkanes of at least 4 members (excludes halogenated alkanes) is 4. The number of urea groups is 1. The van der Waals surface area contributed by atoms with Gasteiger partial charge in [-0.15, -0.1) is 0 Å². The van der Waals surface area contributed by atoms with E-state index in [2.05, 4.69) is 17.0 Å². The zero-order valence-electron chi connectivity index (χ0n) is 19.2. The number of carbonyl (C=O) groups excluding carboxylic acids is 2. The molecule has 0 spiro atoms. The van der Waals surface area contributed by atoms with Crippen LogP contribution in [0.3, 0.4) is 0 Å². The van der Waals surface area contributed by atoms with Gasteiger partial charge in [0.1, 0.15) is 0 Å². The summed E-state index contributed by atoms with van der Waals surface area (Å²) < 4.78 is 18.5. The summed E-state index contributed by atoms with van der Waals surface area (Å²) in [6.45, 7) is 4.61. The molecule has 0 saturated carbocycles. The van der Waals surface area contributed by atoms with Crippen molar-refractivity contribution in [2.24, 2.45) is 0 Å². The fourth-order valence-electron chi connectivity index (χ4n) is 3.23. The first-order chi connectivity index (χ1) is 15.5. The maximum atomic E-state index is 13.8. The number of rotatable bonds is 11. The summed E-state index contributed by atoms with van der Waals surface area (Å²) in [5.41, 5.74) is 3.20. The topological polar surface area (TPSA) is 58.6 Å². The number of hydrogen-bond acceptors (Lipinski definition) is 3. The summed E-state index contributed by atoms with van der Waals surface area (Å²) in [5, 5.41) is 2.97. The summed E-state index contributed by atoms with van der Waals surface area (Å²) in [5.74, 6) is -1.90. The standard InChI is InChI=1S/C26H33FN2O3/c1-4-6-7-8-9-17-28-26(31)29(3)23-12-10-11-22(19-23)21-15-13-20(14-16-21)18-24(27)25(30)32-5-2/h10-16,18-19H,4-9,17H2,1-3H3,(H,28,31)/b24-18-. The lowest BCUT2D eigenvalue weighted by Crippen LogP contribution is -2.37. The number of nitrogens with zero attached hydrogens (tertiary/aromatic N) is 1. The van der Waals surface area contributed by atoms with Crippen LogP contribution >= 0.6 is 0 Å². The minimum atomic E-state index is -0.966. The van der Waals surface area contributed by atoms with Crippen LogP contribution in [-0.4, -0.2) is 32.2 Å². The normalized spacial score (nSPS) is 11.2. The maximum Gasteiger partial charge on any atom is 0.367 e. The number of carbonyl (C=O) groups is 2. The Labute approximate surface area is 190 Å². The zero-order chi connectivity index (χ0) is 23.3. The van der Waals surface area contributed by atoms with Gasteiger partial charge >= 0.3 is 12.0 Å². The van der Waals surface area contributed by atoms with Gasteiger partial charge < -0.3 is 10.1 Å². The average Bonchev–Trinajstić information content (AvgIpc) is 2.81. The molecule has 172 valence electrons. The van der Waals surface area contributed by atoms with Crippen LogP contribution in [0.25, 0.3) is 17.2 Å². The van der Waals surface area contributed by atoms with Crippen molar-refractivity contribution in [2.75, 3.05) is 25.1 Å². The van der Waals surface area contributed by atoms with Gasteiger partial charge in [0.05, 0.1) is 6.61 Å². The van der Waals surface area contributed by atoms with E-state index in [0.29, 0.717) is 12.1 Å². The second-order valence-corrected chi connectivity index (χ2v) is 7.59. The van der Waals surface area contributed by atoms with E-state index in [0.717, 1.165) is 35.7 Å². The van der Waals surface area contributed by atoms with Crippen molar-refractivity contribution < 1.29 is 18.7 Å². The van der Waals surface area contributed by atoms with E-state index in [9.17, 15) is 14.0 Å². The SMILES string of the molecule is CCCCCCCNC(=O)N(C)c1cccc(-c2ccc(/C=C(\F)C(=O)OCC)cc2)c1. The smallest absolute Gasteiger partial charge is 0.367 e. The van der Waals surface area contributed by atoms with Gasteiger partial charge in [-0.05, 0) is 48.2 Å². The van der Waals surface area contributed by atoms with Gasteiger partial charge in [-0.3, -0.25) is 4.90 Å². The fourth-order valence-corrected chi connectivity index (χ4v) is 3.23. The molecule has 2 aromatic rings. The number of ether oxygens (including phenoxy) is 1. The van der Waals surface area contributed by atoms with Crippen molar-refractivity contribution in [1.82, 2.24) is 5.32 Å². The maximum absolute atomic E-state index is 13.8. The van der Waals surface area contributed by atoms with Crippen molar-refractivity contribution in [3.05, 3.63) is 59.9 Å². The number of anilines is 1. The summed E-state index contributed by atoms with van der Waals surface area (Å²) in [6, 6.07) is 14.7. The van der Waals surface area contributed by atoms with Gasteiger partial charge in [0.15, 0.2) is 0 Å². The van der Waals surface area contributed by atoms with Crippen LogP contribution in [-0.2, 0) is 9.53 Å². The molecular formula is C26H33FN2O3. The predicted octanol–water partition coefficient (Wildman–Crippen LogP) is 6.34. The van der Waals surface area contributed by atoms with E-state index in [4.69, 9.17) is 0 Å². The quantitative estimate of drug-likeness (QED) is 0.252. The van der Waals surface area contributed by atoms with Crippen LogP contribution in [0.4, 0.5) is 14.9 Å². The molecule has 0 atom stereocenters. The molecular weight excluding hydrogens is 407 g/mol. The van der Waals surface area contributed by atoms with Crippen molar-refractivity contribution in [2.45, 2.75) is 46.0 Å². The summed E-state index contributed by atoms with van der Waals surface area (Å²) >= 11 is 0. The molecule has 2 aromatic carbocycles. The third-order valence-corrected chi connectivity index (χ3v) is 5.10. The van der Waals surface area contributed by atoms with E-state index >= 15 is 0 Å². The minimum absolute atomic E-state index is 0.126. The Morgan fingerprint density at radius 1 is 1.00 bits per heavy atom. The lowest BCUT2D eigenvalue weighted by atomic mass is 10.0. The molecule has 2 rings (SSSR count). The molecule has 0 heterocycles. The van der Waals surface area contributed by atoms with Gasteiger partial charge in [0.25, 0.3) is 0 Å². The minimum Gasteiger partial charge on any atom is -0.461 e. The molecule has 0 aliphatic heterocycles. The lowest BCUT2D eigenvalue weighted by Gasteiger charge is -2.19. The summed E-state index contributed by atoms with van der Waals surface area (Å²) in [4.78, 5) is 25.5. The third-order valence-electron chi connectivity index (χ3n) is 5.10. The molecule has 0 fully saturated rings.